The number of anilines is 1. The average Bonchev–Trinajstić information content (AvgIpc) is 2.98. The lowest BCUT2D eigenvalue weighted by atomic mass is 10.3. The van der Waals surface area contributed by atoms with E-state index in [2.05, 4.69) is 4.72 Å². The smallest absolute Gasteiger partial charge is 0.229 e. The van der Waals surface area contributed by atoms with Crippen molar-refractivity contribution >= 4 is 15.7 Å². The minimum Gasteiger partial charge on any atom is -0.504 e. The summed E-state index contributed by atoms with van der Waals surface area (Å²) in [6.45, 7) is 0.510. The number of ether oxygens (including phenoxy) is 1. The van der Waals surface area contributed by atoms with Crippen molar-refractivity contribution in [2.24, 2.45) is 5.92 Å². The topological polar surface area (TPSA) is 75.6 Å². The fraction of sp³-hybridized carbons (Fsp3) is 0.455. The minimum absolute atomic E-state index is 0.0562. The molecule has 0 spiro atoms. The highest BCUT2D eigenvalue weighted by atomic mass is 32.2. The first-order valence-electron chi connectivity index (χ1n) is 5.38. The van der Waals surface area contributed by atoms with E-state index in [9.17, 15) is 13.5 Å². The van der Waals surface area contributed by atoms with Crippen LogP contribution in [0.5, 0.6) is 11.5 Å². The molecule has 2 N–H and O–H groups in total. The number of para-hydroxylation sites is 1. The van der Waals surface area contributed by atoms with Crippen molar-refractivity contribution in [1.29, 1.82) is 0 Å². The number of hydrogen-bond acceptors (Lipinski definition) is 4. The molecule has 0 unspecified atom stereocenters. The Morgan fingerprint density at radius 3 is 2.76 bits per heavy atom. The van der Waals surface area contributed by atoms with Crippen LogP contribution in [0.4, 0.5) is 5.69 Å². The summed E-state index contributed by atoms with van der Waals surface area (Å²) < 4.78 is 30.1. The van der Waals surface area contributed by atoms with Crippen molar-refractivity contribution in [2.75, 3.05) is 17.6 Å². The van der Waals surface area contributed by atoms with Crippen molar-refractivity contribution in [3.05, 3.63) is 18.2 Å². The van der Waals surface area contributed by atoms with Crippen LogP contribution < -0.4 is 9.46 Å². The molecule has 1 aliphatic carbocycles. The van der Waals surface area contributed by atoms with E-state index >= 15 is 0 Å². The van der Waals surface area contributed by atoms with E-state index in [0.29, 0.717) is 12.5 Å². The van der Waals surface area contributed by atoms with Gasteiger partial charge in [0.05, 0.1) is 18.6 Å². The zero-order valence-corrected chi connectivity index (χ0v) is 10.3. The van der Waals surface area contributed by atoms with Crippen LogP contribution in [0.3, 0.4) is 0 Å². The summed E-state index contributed by atoms with van der Waals surface area (Å²) in [6, 6.07) is 4.59. The Hall–Kier alpha value is -1.43. The minimum atomic E-state index is -3.38. The van der Waals surface area contributed by atoms with Crippen LogP contribution in [0.25, 0.3) is 0 Å². The molecule has 1 aromatic carbocycles. The first-order chi connectivity index (χ1) is 7.96. The van der Waals surface area contributed by atoms with Gasteiger partial charge in [0.1, 0.15) is 0 Å². The van der Waals surface area contributed by atoms with Gasteiger partial charge in [-0.1, -0.05) is 6.07 Å². The molecule has 0 radical (unpaired) electrons. The molecule has 0 atom stereocenters. The SMILES string of the molecule is CS(=O)(=O)Nc1cccc(O)c1OCC1CC1. The summed E-state index contributed by atoms with van der Waals surface area (Å²) in [5, 5.41) is 9.66. The first-order valence-corrected chi connectivity index (χ1v) is 7.27. The molecule has 0 amide bonds. The fourth-order valence-corrected chi connectivity index (χ4v) is 2.00. The molecule has 6 heteroatoms. The van der Waals surface area contributed by atoms with E-state index in [1.807, 2.05) is 0 Å². The van der Waals surface area contributed by atoms with Crippen LogP contribution in [0.1, 0.15) is 12.8 Å². The van der Waals surface area contributed by atoms with E-state index in [1.54, 1.807) is 12.1 Å². The lowest BCUT2D eigenvalue weighted by Crippen LogP contribution is -2.11. The van der Waals surface area contributed by atoms with Crippen molar-refractivity contribution in [2.45, 2.75) is 12.8 Å². The van der Waals surface area contributed by atoms with Crippen LogP contribution in [0, 0.1) is 5.92 Å². The number of nitrogens with one attached hydrogen (secondary N) is 1. The monoisotopic (exact) mass is 257 g/mol. The van der Waals surface area contributed by atoms with E-state index in [0.717, 1.165) is 19.1 Å². The molecule has 0 aromatic heterocycles. The number of benzene rings is 1. The van der Waals surface area contributed by atoms with E-state index in [4.69, 9.17) is 4.74 Å². The molecule has 1 aromatic rings. The average molecular weight is 257 g/mol. The largest absolute Gasteiger partial charge is 0.504 e. The standard InChI is InChI=1S/C11H15NO4S/c1-17(14,15)12-9-3-2-4-10(13)11(9)16-7-8-5-6-8/h2-4,8,12-13H,5-7H2,1H3. The molecule has 1 aliphatic rings. The molecular formula is C11H15NO4S. The molecule has 1 saturated carbocycles. The molecular weight excluding hydrogens is 242 g/mol. The molecule has 0 aliphatic heterocycles. The third-order valence-electron chi connectivity index (χ3n) is 2.45. The van der Waals surface area contributed by atoms with Gasteiger partial charge in [-0.3, -0.25) is 4.72 Å². The molecule has 94 valence electrons. The van der Waals surface area contributed by atoms with Crippen LogP contribution >= 0.6 is 0 Å². The van der Waals surface area contributed by atoms with Gasteiger partial charge in [0.2, 0.25) is 10.0 Å². The Balaban J connectivity index is 2.20. The number of phenols is 1. The van der Waals surface area contributed by atoms with Gasteiger partial charge in [-0.15, -0.1) is 0 Å². The van der Waals surface area contributed by atoms with Gasteiger partial charge >= 0.3 is 0 Å². The quantitative estimate of drug-likeness (QED) is 0.839. The summed E-state index contributed by atoms with van der Waals surface area (Å²) in [7, 11) is -3.38. The van der Waals surface area contributed by atoms with Gasteiger partial charge in [-0.2, -0.15) is 0 Å². The molecule has 0 bridgehead atoms. The van der Waals surface area contributed by atoms with E-state index in [-0.39, 0.29) is 17.2 Å². The maximum atomic E-state index is 11.2. The molecule has 2 rings (SSSR count). The van der Waals surface area contributed by atoms with Gasteiger partial charge in [0.15, 0.2) is 11.5 Å². The second-order valence-corrected chi connectivity index (χ2v) is 6.03. The summed E-state index contributed by atoms with van der Waals surface area (Å²) in [5.74, 6) is 0.671. The second kappa shape index (κ2) is 4.44. The Bertz CT molecular complexity index is 508. The normalized spacial score (nSPS) is 15.6. The van der Waals surface area contributed by atoms with Gasteiger partial charge in [0.25, 0.3) is 0 Å². The second-order valence-electron chi connectivity index (χ2n) is 4.28. The molecule has 0 saturated heterocycles. The Labute approximate surface area is 100 Å². The number of aromatic hydroxyl groups is 1. The van der Waals surface area contributed by atoms with Crippen LogP contribution in [-0.4, -0.2) is 26.4 Å². The Morgan fingerprint density at radius 2 is 2.18 bits per heavy atom. The van der Waals surface area contributed by atoms with Crippen LogP contribution in [0.15, 0.2) is 18.2 Å². The fourth-order valence-electron chi connectivity index (χ4n) is 1.44. The molecule has 1 fully saturated rings. The Morgan fingerprint density at radius 1 is 1.47 bits per heavy atom. The summed E-state index contributed by atoms with van der Waals surface area (Å²) >= 11 is 0. The third kappa shape index (κ3) is 3.52. The third-order valence-corrected chi connectivity index (χ3v) is 3.04. The van der Waals surface area contributed by atoms with Gasteiger partial charge < -0.3 is 9.84 Å². The van der Waals surface area contributed by atoms with Crippen molar-refractivity contribution in [3.63, 3.8) is 0 Å². The lowest BCUT2D eigenvalue weighted by Gasteiger charge is -2.13. The van der Waals surface area contributed by atoms with E-state index < -0.39 is 10.0 Å². The molecule has 5 nitrogen and oxygen atoms in total. The maximum absolute atomic E-state index is 11.2. The Kier molecular flexibility index (Phi) is 3.15. The number of phenolic OH excluding ortho intramolecular Hbond substituents is 1. The van der Waals surface area contributed by atoms with Crippen molar-refractivity contribution < 1.29 is 18.3 Å². The number of hydrogen-bond donors (Lipinski definition) is 2. The molecule has 0 heterocycles. The zero-order valence-electron chi connectivity index (χ0n) is 9.51. The van der Waals surface area contributed by atoms with Gasteiger partial charge in [0, 0.05) is 0 Å². The van der Waals surface area contributed by atoms with E-state index in [1.165, 1.54) is 6.07 Å². The number of sulfonamides is 1. The predicted molar refractivity (Wildman–Crippen MR) is 64.8 cm³/mol. The lowest BCUT2D eigenvalue weighted by molar-refractivity contribution is 0.286. The molecule has 17 heavy (non-hydrogen) atoms. The highest BCUT2D eigenvalue weighted by Gasteiger charge is 2.23. The van der Waals surface area contributed by atoms with Crippen LogP contribution in [0.2, 0.25) is 0 Å². The van der Waals surface area contributed by atoms with Crippen LogP contribution in [-0.2, 0) is 10.0 Å². The van der Waals surface area contributed by atoms with Gasteiger partial charge in [-0.25, -0.2) is 8.42 Å². The van der Waals surface area contributed by atoms with Crippen molar-refractivity contribution in [3.8, 4) is 11.5 Å². The zero-order chi connectivity index (χ0) is 12.5. The summed E-state index contributed by atoms with van der Waals surface area (Å²) in [4.78, 5) is 0. The predicted octanol–water partition coefficient (Wildman–Crippen LogP) is 1.55. The first kappa shape index (κ1) is 12.0. The highest BCUT2D eigenvalue weighted by molar-refractivity contribution is 7.92. The summed E-state index contributed by atoms with van der Waals surface area (Å²) in [5.41, 5.74) is 0.271. The van der Waals surface area contributed by atoms with Crippen molar-refractivity contribution in [1.82, 2.24) is 0 Å². The summed E-state index contributed by atoms with van der Waals surface area (Å²) in [6.07, 6.45) is 3.31. The highest BCUT2D eigenvalue weighted by Crippen LogP contribution is 2.37. The van der Waals surface area contributed by atoms with Gasteiger partial charge in [-0.05, 0) is 30.9 Å². The number of rotatable bonds is 5. The maximum Gasteiger partial charge on any atom is 0.229 e.